The summed E-state index contributed by atoms with van der Waals surface area (Å²) in [6, 6.07) is 18.2. The number of aromatic nitrogens is 2. The highest BCUT2D eigenvalue weighted by Gasteiger charge is 2.36. The summed E-state index contributed by atoms with van der Waals surface area (Å²) in [4.78, 5) is 8.66. The van der Waals surface area contributed by atoms with Crippen molar-refractivity contribution >= 4 is 0 Å². The predicted octanol–water partition coefficient (Wildman–Crippen LogP) is 2.77. The topological polar surface area (TPSA) is 55.2 Å². The van der Waals surface area contributed by atoms with E-state index in [-0.39, 0.29) is 0 Å². The summed E-state index contributed by atoms with van der Waals surface area (Å²) in [6.45, 7) is 0. The normalized spacial score (nSPS) is 11.2. The standard InChI is InChI=1S/C18H16N2O2/c1-22-15-8-6-7-14(13-15)18(21,16-9-2-4-11-19-16)17-10-3-5-12-20-17/h2-13,21H,1H3. The molecule has 0 fully saturated rings. The van der Waals surface area contributed by atoms with E-state index in [9.17, 15) is 5.11 Å². The first-order valence-electron chi connectivity index (χ1n) is 6.95. The third kappa shape index (κ3) is 2.44. The van der Waals surface area contributed by atoms with Crippen LogP contribution in [0.25, 0.3) is 0 Å². The van der Waals surface area contributed by atoms with Gasteiger partial charge in [-0.1, -0.05) is 24.3 Å². The Labute approximate surface area is 129 Å². The van der Waals surface area contributed by atoms with Gasteiger partial charge in [0.2, 0.25) is 0 Å². The molecule has 0 saturated carbocycles. The second kappa shape index (κ2) is 5.95. The van der Waals surface area contributed by atoms with Gasteiger partial charge >= 0.3 is 0 Å². The maximum atomic E-state index is 11.5. The zero-order valence-electron chi connectivity index (χ0n) is 12.2. The average molecular weight is 292 g/mol. The SMILES string of the molecule is COc1cccc(C(O)(c2ccccn2)c2ccccn2)c1. The minimum absolute atomic E-state index is 0.516. The molecule has 0 unspecified atom stereocenters. The van der Waals surface area contributed by atoms with E-state index < -0.39 is 5.60 Å². The lowest BCUT2D eigenvalue weighted by Crippen LogP contribution is -2.31. The fraction of sp³-hybridized carbons (Fsp3) is 0.111. The van der Waals surface area contributed by atoms with Gasteiger partial charge in [-0.25, -0.2) is 0 Å². The van der Waals surface area contributed by atoms with Crippen LogP contribution in [0.3, 0.4) is 0 Å². The van der Waals surface area contributed by atoms with Crippen LogP contribution in [0.2, 0.25) is 0 Å². The summed E-state index contributed by atoms with van der Waals surface area (Å²) >= 11 is 0. The quantitative estimate of drug-likeness (QED) is 0.803. The van der Waals surface area contributed by atoms with Crippen molar-refractivity contribution in [3.63, 3.8) is 0 Å². The zero-order valence-corrected chi connectivity index (χ0v) is 12.2. The molecule has 0 bridgehead atoms. The molecule has 0 aliphatic heterocycles. The molecule has 3 rings (SSSR count). The first-order chi connectivity index (χ1) is 10.7. The molecule has 0 saturated heterocycles. The molecule has 4 nitrogen and oxygen atoms in total. The highest BCUT2D eigenvalue weighted by Crippen LogP contribution is 2.35. The summed E-state index contributed by atoms with van der Waals surface area (Å²) in [6.07, 6.45) is 3.31. The lowest BCUT2D eigenvalue weighted by Gasteiger charge is -2.28. The Bertz CT molecular complexity index is 706. The van der Waals surface area contributed by atoms with Gasteiger partial charge in [0, 0.05) is 12.4 Å². The highest BCUT2D eigenvalue weighted by atomic mass is 16.5. The number of benzene rings is 1. The van der Waals surface area contributed by atoms with Crippen molar-refractivity contribution in [2.24, 2.45) is 0 Å². The van der Waals surface area contributed by atoms with Crippen LogP contribution < -0.4 is 4.74 Å². The van der Waals surface area contributed by atoms with Crippen LogP contribution in [0.4, 0.5) is 0 Å². The van der Waals surface area contributed by atoms with Gasteiger partial charge in [0.05, 0.1) is 18.5 Å². The van der Waals surface area contributed by atoms with Gasteiger partial charge in [-0.2, -0.15) is 0 Å². The second-order valence-corrected chi connectivity index (χ2v) is 4.87. The smallest absolute Gasteiger partial charge is 0.174 e. The molecular formula is C18H16N2O2. The van der Waals surface area contributed by atoms with Gasteiger partial charge in [-0.3, -0.25) is 9.97 Å². The van der Waals surface area contributed by atoms with E-state index in [1.807, 2.05) is 42.5 Å². The molecule has 0 aliphatic carbocycles. The number of rotatable bonds is 4. The third-order valence-corrected chi connectivity index (χ3v) is 3.56. The van der Waals surface area contributed by atoms with Crippen LogP contribution in [0, 0.1) is 0 Å². The summed E-state index contributed by atoms with van der Waals surface area (Å²) in [7, 11) is 1.60. The maximum Gasteiger partial charge on any atom is 0.174 e. The van der Waals surface area contributed by atoms with E-state index in [0.717, 1.165) is 0 Å². The molecule has 0 spiro atoms. The Balaban J connectivity index is 2.23. The Hall–Kier alpha value is -2.72. The van der Waals surface area contributed by atoms with Crippen molar-refractivity contribution < 1.29 is 9.84 Å². The van der Waals surface area contributed by atoms with Crippen LogP contribution in [-0.4, -0.2) is 22.2 Å². The Morgan fingerprint density at radius 2 is 1.50 bits per heavy atom. The van der Waals surface area contributed by atoms with Crippen molar-refractivity contribution in [2.75, 3.05) is 7.11 Å². The van der Waals surface area contributed by atoms with Crippen LogP contribution in [0.1, 0.15) is 17.0 Å². The number of aliphatic hydroxyl groups is 1. The van der Waals surface area contributed by atoms with Gasteiger partial charge < -0.3 is 9.84 Å². The third-order valence-electron chi connectivity index (χ3n) is 3.56. The van der Waals surface area contributed by atoms with Crippen LogP contribution >= 0.6 is 0 Å². The molecule has 110 valence electrons. The van der Waals surface area contributed by atoms with Crippen molar-refractivity contribution in [2.45, 2.75) is 5.60 Å². The first kappa shape index (κ1) is 14.2. The molecular weight excluding hydrogens is 276 g/mol. The number of hydrogen-bond donors (Lipinski definition) is 1. The highest BCUT2D eigenvalue weighted by molar-refractivity contribution is 5.44. The summed E-state index contributed by atoms with van der Waals surface area (Å²) in [5.74, 6) is 0.669. The Kier molecular flexibility index (Phi) is 3.85. The first-order valence-corrected chi connectivity index (χ1v) is 6.95. The van der Waals surface area contributed by atoms with E-state index in [2.05, 4.69) is 9.97 Å². The molecule has 0 radical (unpaired) electrons. The molecule has 0 atom stereocenters. The maximum absolute atomic E-state index is 11.5. The van der Waals surface area contributed by atoms with Crippen molar-refractivity contribution in [1.82, 2.24) is 9.97 Å². The van der Waals surface area contributed by atoms with E-state index in [1.165, 1.54) is 0 Å². The molecule has 3 aromatic rings. The van der Waals surface area contributed by atoms with Crippen LogP contribution in [0.15, 0.2) is 73.1 Å². The van der Waals surface area contributed by atoms with Gasteiger partial charge in [-0.15, -0.1) is 0 Å². The largest absolute Gasteiger partial charge is 0.497 e. The summed E-state index contributed by atoms with van der Waals surface area (Å²) < 4.78 is 5.27. The van der Waals surface area contributed by atoms with Gasteiger partial charge in [0.1, 0.15) is 5.75 Å². The number of methoxy groups -OCH3 is 1. The number of ether oxygens (including phenoxy) is 1. The second-order valence-electron chi connectivity index (χ2n) is 4.87. The van der Waals surface area contributed by atoms with Gasteiger partial charge in [-0.05, 0) is 42.0 Å². The Morgan fingerprint density at radius 1 is 0.864 bits per heavy atom. The van der Waals surface area contributed by atoms with Gasteiger partial charge in [0.25, 0.3) is 0 Å². The molecule has 2 heterocycles. The monoisotopic (exact) mass is 292 g/mol. The molecule has 0 aliphatic rings. The molecule has 2 aromatic heterocycles. The average Bonchev–Trinajstić information content (AvgIpc) is 2.62. The molecule has 22 heavy (non-hydrogen) atoms. The fourth-order valence-electron chi connectivity index (χ4n) is 2.43. The van der Waals surface area contributed by atoms with E-state index in [4.69, 9.17) is 4.74 Å². The number of nitrogens with zero attached hydrogens (tertiary/aromatic N) is 2. The molecule has 1 N–H and O–H groups in total. The minimum atomic E-state index is -1.43. The number of hydrogen-bond acceptors (Lipinski definition) is 4. The van der Waals surface area contributed by atoms with Crippen molar-refractivity contribution in [3.05, 3.63) is 90.0 Å². The lowest BCUT2D eigenvalue weighted by atomic mass is 9.86. The van der Waals surface area contributed by atoms with E-state index >= 15 is 0 Å². The molecule has 0 amide bonds. The minimum Gasteiger partial charge on any atom is -0.497 e. The molecule has 4 heteroatoms. The van der Waals surface area contributed by atoms with Crippen LogP contribution in [-0.2, 0) is 5.60 Å². The predicted molar refractivity (Wildman–Crippen MR) is 83.6 cm³/mol. The lowest BCUT2D eigenvalue weighted by molar-refractivity contribution is 0.115. The van der Waals surface area contributed by atoms with Crippen LogP contribution in [0.5, 0.6) is 5.75 Å². The van der Waals surface area contributed by atoms with E-state index in [0.29, 0.717) is 22.7 Å². The van der Waals surface area contributed by atoms with Crippen molar-refractivity contribution in [1.29, 1.82) is 0 Å². The van der Waals surface area contributed by atoms with E-state index in [1.54, 1.807) is 37.7 Å². The zero-order chi connectivity index (χ0) is 15.4. The van der Waals surface area contributed by atoms with Crippen molar-refractivity contribution in [3.8, 4) is 5.75 Å². The summed E-state index contributed by atoms with van der Waals surface area (Å²) in [5.41, 5.74) is 0.255. The van der Waals surface area contributed by atoms with Gasteiger partial charge in [0.15, 0.2) is 5.60 Å². The molecule has 1 aromatic carbocycles. The Morgan fingerprint density at radius 3 is 2.00 bits per heavy atom. The summed E-state index contributed by atoms with van der Waals surface area (Å²) in [5, 5.41) is 11.5. The number of pyridine rings is 2. The fourth-order valence-corrected chi connectivity index (χ4v) is 2.43.